The zero-order valence-electron chi connectivity index (χ0n) is 10.4. The summed E-state index contributed by atoms with van der Waals surface area (Å²) in [6.45, 7) is 0. The van der Waals surface area contributed by atoms with Crippen LogP contribution in [-0.4, -0.2) is 6.18 Å². The van der Waals surface area contributed by atoms with E-state index in [1.165, 1.54) is 0 Å². The van der Waals surface area contributed by atoms with Crippen LogP contribution in [0.2, 0.25) is 0 Å². The van der Waals surface area contributed by atoms with Gasteiger partial charge in [0.15, 0.2) is 0 Å². The summed E-state index contributed by atoms with van der Waals surface area (Å²) in [5, 5.41) is 1.67. The van der Waals surface area contributed by atoms with Crippen molar-refractivity contribution >= 4 is 21.9 Å². The fourth-order valence-electron chi connectivity index (χ4n) is 2.34. The van der Waals surface area contributed by atoms with E-state index in [0.717, 1.165) is 10.8 Å². The molecule has 0 saturated heterocycles. The molecule has 0 amide bonds. The van der Waals surface area contributed by atoms with Crippen LogP contribution in [0, 0.1) is 0 Å². The van der Waals surface area contributed by atoms with E-state index in [4.69, 9.17) is 10.2 Å². The number of nitrogens with two attached hydrogens (primary N) is 1. The van der Waals surface area contributed by atoms with Crippen molar-refractivity contribution in [2.45, 2.75) is 18.6 Å². The van der Waals surface area contributed by atoms with Gasteiger partial charge in [-0.1, -0.05) is 24.3 Å². The van der Waals surface area contributed by atoms with E-state index in [9.17, 15) is 13.2 Å². The van der Waals surface area contributed by atoms with Crippen molar-refractivity contribution < 1.29 is 17.6 Å². The molecule has 0 saturated carbocycles. The molecule has 0 aliphatic carbocycles. The van der Waals surface area contributed by atoms with Crippen molar-refractivity contribution in [2.24, 2.45) is 5.73 Å². The molecular formula is C15H12F3NO. The average molecular weight is 279 g/mol. The molecule has 0 spiro atoms. The molecule has 2 N–H and O–H groups in total. The summed E-state index contributed by atoms with van der Waals surface area (Å²) in [6, 6.07) is 11.3. The van der Waals surface area contributed by atoms with Gasteiger partial charge in [0.2, 0.25) is 0 Å². The highest BCUT2D eigenvalue weighted by atomic mass is 19.4. The summed E-state index contributed by atoms with van der Waals surface area (Å²) in [6.07, 6.45) is -5.30. The molecule has 0 radical (unpaired) electrons. The fourth-order valence-corrected chi connectivity index (χ4v) is 2.34. The van der Waals surface area contributed by atoms with Gasteiger partial charge in [-0.05, 0) is 23.8 Å². The standard InChI is InChI=1S/C15H12F3NO/c16-15(17,18)8-12(19)9-5-6-14-11(7-9)10-3-1-2-4-13(10)20-14/h1-7,12H,8,19H2. The number of alkyl halides is 3. The van der Waals surface area contributed by atoms with Gasteiger partial charge in [0, 0.05) is 16.8 Å². The summed E-state index contributed by atoms with van der Waals surface area (Å²) in [5.74, 6) is 0. The number of rotatable bonds is 2. The third-order valence-corrected chi connectivity index (χ3v) is 3.28. The third kappa shape index (κ3) is 2.36. The third-order valence-electron chi connectivity index (χ3n) is 3.28. The zero-order valence-corrected chi connectivity index (χ0v) is 10.4. The number of furan rings is 1. The molecule has 1 unspecified atom stereocenters. The Morgan fingerprint density at radius 1 is 1.00 bits per heavy atom. The smallest absolute Gasteiger partial charge is 0.390 e. The van der Waals surface area contributed by atoms with Crippen molar-refractivity contribution in [3.05, 3.63) is 48.0 Å². The number of benzene rings is 2. The van der Waals surface area contributed by atoms with Gasteiger partial charge in [0.05, 0.1) is 6.42 Å². The van der Waals surface area contributed by atoms with E-state index in [2.05, 4.69) is 0 Å². The second-order valence-electron chi connectivity index (χ2n) is 4.78. The van der Waals surface area contributed by atoms with Crippen LogP contribution in [0.5, 0.6) is 0 Å². The van der Waals surface area contributed by atoms with Gasteiger partial charge in [-0.2, -0.15) is 13.2 Å². The highest BCUT2D eigenvalue weighted by Gasteiger charge is 2.31. The second kappa shape index (κ2) is 4.52. The number of hydrogen-bond acceptors (Lipinski definition) is 2. The fraction of sp³-hybridized carbons (Fsp3) is 0.200. The zero-order chi connectivity index (χ0) is 14.3. The molecule has 0 aliphatic rings. The van der Waals surface area contributed by atoms with Gasteiger partial charge in [0.1, 0.15) is 11.2 Å². The topological polar surface area (TPSA) is 39.2 Å². The minimum absolute atomic E-state index is 0.460. The first-order valence-electron chi connectivity index (χ1n) is 6.17. The highest BCUT2D eigenvalue weighted by molar-refractivity contribution is 6.05. The van der Waals surface area contributed by atoms with Crippen LogP contribution in [0.15, 0.2) is 46.9 Å². The van der Waals surface area contributed by atoms with E-state index in [1.807, 2.05) is 24.3 Å². The Bertz CT molecular complexity index is 760. The van der Waals surface area contributed by atoms with Crippen molar-refractivity contribution in [2.75, 3.05) is 0 Å². The normalized spacial score (nSPS) is 14.0. The van der Waals surface area contributed by atoms with Gasteiger partial charge >= 0.3 is 6.18 Å². The molecule has 104 valence electrons. The first-order valence-corrected chi connectivity index (χ1v) is 6.17. The van der Waals surface area contributed by atoms with Gasteiger partial charge < -0.3 is 10.2 Å². The van der Waals surface area contributed by atoms with Gasteiger partial charge in [-0.3, -0.25) is 0 Å². The molecule has 0 fully saturated rings. The van der Waals surface area contributed by atoms with Crippen molar-refractivity contribution in [1.82, 2.24) is 0 Å². The molecular weight excluding hydrogens is 267 g/mol. The summed E-state index contributed by atoms with van der Waals surface area (Å²) >= 11 is 0. The van der Waals surface area contributed by atoms with E-state index in [1.54, 1.807) is 18.2 Å². The average Bonchev–Trinajstić information content (AvgIpc) is 2.74. The van der Waals surface area contributed by atoms with Crippen molar-refractivity contribution in [3.8, 4) is 0 Å². The summed E-state index contributed by atoms with van der Waals surface area (Å²) < 4.78 is 42.8. The molecule has 2 nitrogen and oxygen atoms in total. The molecule has 20 heavy (non-hydrogen) atoms. The van der Waals surface area contributed by atoms with Crippen molar-refractivity contribution in [1.29, 1.82) is 0 Å². The minimum Gasteiger partial charge on any atom is -0.456 e. The summed E-state index contributed by atoms with van der Waals surface area (Å²) in [7, 11) is 0. The van der Waals surface area contributed by atoms with Crippen LogP contribution in [0.4, 0.5) is 13.2 Å². The predicted molar refractivity (Wildman–Crippen MR) is 71.3 cm³/mol. The minimum atomic E-state index is -4.27. The lowest BCUT2D eigenvalue weighted by Gasteiger charge is -2.14. The maximum atomic E-state index is 12.4. The van der Waals surface area contributed by atoms with Gasteiger partial charge in [-0.15, -0.1) is 0 Å². The van der Waals surface area contributed by atoms with Crippen LogP contribution in [-0.2, 0) is 0 Å². The first kappa shape index (κ1) is 13.0. The Morgan fingerprint density at radius 2 is 1.70 bits per heavy atom. The quantitative estimate of drug-likeness (QED) is 0.748. The van der Waals surface area contributed by atoms with Crippen LogP contribution in [0.25, 0.3) is 21.9 Å². The van der Waals surface area contributed by atoms with Crippen LogP contribution < -0.4 is 5.73 Å². The lowest BCUT2D eigenvalue weighted by molar-refractivity contribution is -0.138. The lowest BCUT2D eigenvalue weighted by atomic mass is 10.0. The van der Waals surface area contributed by atoms with Crippen LogP contribution in [0.3, 0.4) is 0 Å². The Balaban J connectivity index is 2.07. The maximum Gasteiger partial charge on any atom is 0.390 e. The van der Waals surface area contributed by atoms with E-state index >= 15 is 0 Å². The monoisotopic (exact) mass is 279 g/mol. The SMILES string of the molecule is NC(CC(F)(F)F)c1ccc2oc3ccccc3c2c1. The van der Waals surface area contributed by atoms with Gasteiger partial charge in [0.25, 0.3) is 0 Å². The molecule has 3 rings (SSSR count). The van der Waals surface area contributed by atoms with Crippen LogP contribution >= 0.6 is 0 Å². The van der Waals surface area contributed by atoms with Gasteiger partial charge in [-0.25, -0.2) is 0 Å². The predicted octanol–water partition coefficient (Wildman–Crippen LogP) is 4.54. The molecule has 1 atom stereocenters. The molecule has 0 bridgehead atoms. The van der Waals surface area contributed by atoms with E-state index in [-0.39, 0.29) is 0 Å². The summed E-state index contributed by atoms with van der Waals surface area (Å²) in [4.78, 5) is 0. The molecule has 3 aromatic rings. The number of para-hydroxylation sites is 1. The molecule has 5 heteroatoms. The largest absolute Gasteiger partial charge is 0.456 e. The Kier molecular flexibility index (Phi) is 2.94. The lowest BCUT2D eigenvalue weighted by Crippen LogP contribution is -2.20. The van der Waals surface area contributed by atoms with Crippen molar-refractivity contribution in [3.63, 3.8) is 0 Å². The summed E-state index contributed by atoms with van der Waals surface area (Å²) in [5.41, 5.74) is 7.45. The van der Waals surface area contributed by atoms with E-state index < -0.39 is 18.6 Å². The van der Waals surface area contributed by atoms with Crippen LogP contribution in [0.1, 0.15) is 18.0 Å². The maximum absolute atomic E-state index is 12.4. The Hall–Kier alpha value is -2.01. The van der Waals surface area contributed by atoms with E-state index in [0.29, 0.717) is 16.7 Å². The number of hydrogen-bond donors (Lipinski definition) is 1. The Labute approximate surface area is 113 Å². The number of halogens is 3. The Morgan fingerprint density at radius 3 is 2.45 bits per heavy atom. The number of fused-ring (bicyclic) bond motifs is 3. The first-order chi connectivity index (χ1) is 9.44. The molecule has 0 aliphatic heterocycles. The highest BCUT2D eigenvalue weighted by Crippen LogP contribution is 2.33. The second-order valence-corrected chi connectivity index (χ2v) is 4.78. The molecule has 2 aromatic carbocycles. The molecule has 1 heterocycles. The molecule has 1 aromatic heterocycles.